The number of aliphatic imine (C=N–C) groups is 1. The zero-order valence-electron chi connectivity index (χ0n) is 10.6. The number of hydrogen-bond acceptors (Lipinski definition) is 4. The fourth-order valence-corrected chi connectivity index (χ4v) is 2.18. The molecule has 3 nitrogen and oxygen atoms in total. The Kier molecular flexibility index (Phi) is 7.50. The summed E-state index contributed by atoms with van der Waals surface area (Å²) in [6.45, 7) is 2.91. The summed E-state index contributed by atoms with van der Waals surface area (Å²) in [5, 5.41) is 6.59. The molecule has 1 heterocycles. The minimum atomic E-state index is 0. The van der Waals surface area contributed by atoms with Crippen molar-refractivity contribution >= 4 is 41.7 Å². The molecule has 2 rings (SSSR count). The van der Waals surface area contributed by atoms with Crippen molar-refractivity contribution in [1.29, 1.82) is 0 Å². The predicted octanol–water partition coefficient (Wildman–Crippen LogP) is 2.51. The first kappa shape index (κ1) is 15.6. The summed E-state index contributed by atoms with van der Waals surface area (Å²) in [6, 6.07) is 8.75. The second-order valence-electron chi connectivity index (χ2n) is 4.04. The number of halogens is 1. The lowest BCUT2D eigenvalue weighted by Gasteiger charge is -2.15. The largest absolute Gasteiger partial charge is 0.356 e. The van der Waals surface area contributed by atoms with E-state index >= 15 is 0 Å². The minimum absolute atomic E-state index is 0. The predicted molar refractivity (Wildman–Crippen MR) is 90.3 cm³/mol. The quantitative estimate of drug-likeness (QED) is 0.626. The van der Waals surface area contributed by atoms with Crippen LogP contribution >= 0.6 is 35.7 Å². The Labute approximate surface area is 130 Å². The summed E-state index contributed by atoms with van der Waals surface area (Å²) in [5.74, 6) is 0.956. The molecule has 1 aromatic rings. The van der Waals surface area contributed by atoms with Crippen molar-refractivity contribution in [2.75, 3.05) is 25.9 Å². The molecule has 1 aromatic carbocycles. The monoisotopic (exact) mass is 377 g/mol. The van der Waals surface area contributed by atoms with E-state index in [0.717, 1.165) is 38.4 Å². The molecule has 0 bridgehead atoms. The molecule has 18 heavy (non-hydrogen) atoms. The minimum Gasteiger partial charge on any atom is -0.356 e. The van der Waals surface area contributed by atoms with Crippen molar-refractivity contribution in [2.45, 2.75) is 17.7 Å². The zero-order chi connectivity index (χ0) is 11.9. The highest BCUT2D eigenvalue weighted by molar-refractivity contribution is 14.0. The van der Waals surface area contributed by atoms with E-state index in [2.05, 4.69) is 46.1 Å². The number of nitrogens with zero attached hydrogens (tertiary/aromatic N) is 1. The fourth-order valence-electron chi connectivity index (χ4n) is 1.77. The van der Waals surface area contributed by atoms with E-state index in [9.17, 15) is 0 Å². The summed E-state index contributed by atoms with van der Waals surface area (Å²) >= 11 is 1.78. The summed E-state index contributed by atoms with van der Waals surface area (Å²) < 4.78 is 0. The Balaban J connectivity index is 0.00000162. The van der Waals surface area contributed by atoms with Gasteiger partial charge in [0.15, 0.2) is 5.96 Å². The van der Waals surface area contributed by atoms with Crippen molar-refractivity contribution in [2.24, 2.45) is 4.99 Å². The molecule has 0 atom stereocenters. The third-order valence-electron chi connectivity index (χ3n) is 2.76. The lowest BCUT2D eigenvalue weighted by molar-refractivity contribution is 0.700. The van der Waals surface area contributed by atoms with Crippen molar-refractivity contribution in [3.63, 3.8) is 0 Å². The van der Waals surface area contributed by atoms with Crippen LogP contribution in [0.15, 0.2) is 34.2 Å². The van der Waals surface area contributed by atoms with Crippen molar-refractivity contribution < 1.29 is 0 Å². The Morgan fingerprint density at radius 2 is 2.11 bits per heavy atom. The van der Waals surface area contributed by atoms with Gasteiger partial charge in [-0.2, -0.15) is 0 Å². The number of guanidine groups is 1. The van der Waals surface area contributed by atoms with Crippen molar-refractivity contribution in [1.82, 2.24) is 10.6 Å². The van der Waals surface area contributed by atoms with Crippen LogP contribution in [0.1, 0.15) is 12.0 Å². The normalized spacial score (nSPS) is 14.2. The van der Waals surface area contributed by atoms with Gasteiger partial charge >= 0.3 is 0 Å². The van der Waals surface area contributed by atoms with E-state index in [-0.39, 0.29) is 24.0 Å². The van der Waals surface area contributed by atoms with Gasteiger partial charge in [-0.25, -0.2) is 0 Å². The molecule has 0 aromatic heterocycles. The Morgan fingerprint density at radius 3 is 2.72 bits per heavy atom. The molecule has 1 aliphatic rings. The van der Waals surface area contributed by atoms with Crippen LogP contribution in [0.4, 0.5) is 0 Å². The van der Waals surface area contributed by atoms with Crippen LogP contribution in [0.2, 0.25) is 0 Å². The van der Waals surface area contributed by atoms with E-state index in [1.54, 1.807) is 11.8 Å². The number of nitrogens with one attached hydrogen (secondary N) is 2. The van der Waals surface area contributed by atoms with Gasteiger partial charge < -0.3 is 10.6 Å². The summed E-state index contributed by atoms with van der Waals surface area (Å²) in [6.07, 6.45) is 4.28. The highest BCUT2D eigenvalue weighted by Crippen LogP contribution is 2.14. The van der Waals surface area contributed by atoms with E-state index in [4.69, 9.17) is 0 Å². The van der Waals surface area contributed by atoms with Crippen LogP contribution in [0.25, 0.3) is 0 Å². The molecule has 0 spiro atoms. The van der Waals surface area contributed by atoms with Crippen LogP contribution in [0.5, 0.6) is 0 Å². The second kappa shape index (κ2) is 8.63. The maximum absolute atomic E-state index is 4.38. The fraction of sp³-hybridized carbons (Fsp3) is 0.462. The van der Waals surface area contributed by atoms with E-state index in [0.29, 0.717) is 0 Å². The maximum atomic E-state index is 4.38. The summed E-state index contributed by atoms with van der Waals surface area (Å²) in [4.78, 5) is 5.70. The lowest BCUT2D eigenvalue weighted by atomic mass is 10.1. The van der Waals surface area contributed by atoms with Crippen molar-refractivity contribution in [3.05, 3.63) is 29.8 Å². The van der Waals surface area contributed by atoms with Gasteiger partial charge in [0.25, 0.3) is 0 Å². The van der Waals surface area contributed by atoms with E-state index in [1.165, 1.54) is 10.5 Å². The molecule has 0 saturated carbocycles. The molecule has 1 aliphatic heterocycles. The van der Waals surface area contributed by atoms with Gasteiger partial charge in [-0.05, 0) is 36.8 Å². The van der Waals surface area contributed by atoms with Gasteiger partial charge in [-0.15, -0.1) is 35.7 Å². The molecular formula is C13H20IN3S. The number of hydrogen-bond donors (Lipinski definition) is 2. The average Bonchev–Trinajstić information content (AvgIpc) is 2.41. The van der Waals surface area contributed by atoms with Gasteiger partial charge in [0.05, 0.1) is 0 Å². The molecule has 0 amide bonds. The number of benzene rings is 1. The first-order valence-corrected chi connectivity index (χ1v) is 7.26. The van der Waals surface area contributed by atoms with Gasteiger partial charge in [-0.1, -0.05) is 12.1 Å². The Morgan fingerprint density at radius 1 is 1.33 bits per heavy atom. The summed E-state index contributed by atoms with van der Waals surface area (Å²) in [5.41, 5.74) is 1.37. The van der Waals surface area contributed by atoms with Crippen LogP contribution in [-0.4, -0.2) is 31.8 Å². The average molecular weight is 377 g/mol. The van der Waals surface area contributed by atoms with Gasteiger partial charge in [0.2, 0.25) is 0 Å². The molecule has 5 heteroatoms. The maximum Gasteiger partial charge on any atom is 0.191 e. The Hall–Kier alpha value is -0.430. The second-order valence-corrected chi connectivity index (χ2v) is 4.92. The number of thioether (sulfide) groups is 1. The smallest absolute Gasteiger partial charge is 0.191 e. The van der Waals surface area contributed by atoms with Crippen LogP contribution in [0, 0.1) is 0 Å². The van der Waals surface area contributed by atoms with Gasteiger partial charge in [0.1, 0.15) is 0 Å². The van der Waals surface area contributed by atoms with Gasteiger partial charge in [-0.3, -0.25) is 4.99 Å². The molecular weight excluding hydrogens is 357 g/mol. The molecule has 0 aliphatic carbocycles. The van der Waals surface area contributed by atoms with Crippen molar-refractivity contribution in [3.8, 4) is 0 Å². The van der Waals surface area contributed by atoms with E-state index < -0.39 is 0 Å². The lowest BCUT2D eigenvalue weighted by Crippen LogP contribution is -2.41. The third kappa shape index (κ3) is 5.06. The third-order valence-corrected chi connectivity index (χ3v) is 3.51. The highest BCUT2D eigenvalue weighted by Gasteiger charge is 2.02. The SMILES string of the molecule is CSc1ccc(CCNC2=NCCCN2)cc1.I. The molecule has 0 radical (unpaired) electrons. The first-order valence-electron chi connectivity index (χ1n) is 6.03. The van der Waals surface area contributed by atoms with Crippen LogP contribution in [-0.2, 0) is 6.42 Å². The molecule has 0 unspecified atom stereocenters. The molecule has 100 valence electrons. The topological polar surface area (TPSA) is 36.4 Å². The van der Waals surface area contributed by atoms with Gasteiger partial charge in [0, 0.05) is 24.5 Å². The van der Waals surface area contributed by atoms with E-state index in [1.807, 2.05) is 0 Å². The highest BCUT2D eigenvalue weighted by atomic mass is 127. The summed E-state index contributed by atoms with van der Waals surface area (Å²) in [7, 11) is 0. The molecule has 0 fully saturated rings. The van der Waals surface area contributed by atoms with Crippen LogP contribution in [0.3, 0.4) is 0 Å². The molecule has 0 saturated heterocycles. The Bertz CT molecular complexity index is 378. The zero-order valence-corrected chi connectivity index (χ0v) is 13.8. The first-order chi connectivity index (χ1) is 8.38. The van der Waals surface area contributed by atoms with Crippen LogP contribution < -0.4 is 10.6 Å². The number of rotatable bonds is 4. The standard InChI is InChI=1S/C13H19N3S.HI/c1-17-12-5-3-11(4-6-12)7-10-16-13-14-8-2-9-15-13;/h3-6H,2,7-10H2,1H3,(H2,14,15,16);1H. The molecule has 2 N–H and O–H groups in total.